The van der Waals surface area contributed by atoms with E-state index in [9.17, 15) is 0 Å². The first kappa shape index (κ1) is 15.9. The number of hydrogen-bond donors (Lipinski definition) is 1. The maximum Gasteiger partial charge on any atom is 0.123 e. The summed E-state index contributed by atoms with van der Waals surface area (Å²) in [5.41, 5.74) is 2.41. The van der Waals surface area contributed by atoms with Crippen LogP contribution in [-0.2, 0) is 13.1 Å². The monoisotopic (exact) mass is 306 g/mol. The Balaban J connectivity index is 2.22. The van der Waals surface area contributed by atoms with E-state index in [0.29, 0.717) is 6.04 Å². The molecule has 0 aliphatic carbocycles. The van der Waals surface area contributed by atoms with Crippen molar-refractivity contribution in [2.75, 3.05) is 11.4 Å². The van der Waals surface area contributed by atoms with Crippen LogP contribution in [0.3, 0.4) is 0 Å². The fourth-order valence-electron chi connectivity index (χ4n) is 2.28. The van der Waals surface area contributed by atoms with E-state index in [1.807, 2.05) is 24.3 Å². The van der Waals surface area contributed by atoms with Crippen LogP contribution in [-0.4, -0.2) is 12.6 Å². The van der Waals surface area contributed by atoms with Gasteiger partial charge >= 0.3 is 0 Å². The SMILES string of the molecule is CCN(Cc1ccco1)c1ccc(Cl)cc1CNC(C)C. The largest absolute Gasteiger partial charge is 0.467 e. The van der Waals surface area contributed by atoms with Gasteiger partial charge in [-0.15, -0.1) is 0 Å². The Morgan fingerprint density at radius 1 is 1.29 bits per heavy atom. The quantitative estimate of drug-likeness (QED) is 0.819. The average molecular weight is 307 g/mol. The zero-order chi connectivity index (χ0) is 15.2. The van der Waals surface area contributed by atoms with Gasteiger partial charge in [0.2, 0.25) is 0 Å². The molecule has 3 nitrogen and oxygen atoms in total. The van der Waals surface area contributed by atoms with Crippen molar-refractivity contribution in [2.24, 2.45) is 0 Å². The summed E-state index contributed by atoms with van der Waals surface area (Å²) in [6.45, 7) is 8.92. The van der Waals surface area contributed by atoms with Crippen LogP contribution >= 0.6 is 11.6 Å². The second-order valence-electron chi connectivity index (χ2n) is 5.40. The molecule has 0 saturated carbocycles. The maximum atomic E-state index is 6.16. The fraction of sp³-hybridized carbons (Fsp3) is 0.412. The normalized spacial score (nSPS) is 11.1. The van der Waals surface area contributed by atoms with E-state index < -0.39 is 0 Å². The van der Waals surface area contributed by atoms with E-state index in [0.717, 1.165) is 30.4 Å². The number of nitrogens with zero attached hydrogens (tertiary/aromatic N) is 1. The van der Waals surface area contributed by atoms with Crippen molar-refractivity contribution in [3.05, 3.63) is 52.9 Å². The number of furan rings is 1. The second kappa shape index (κ2) is 7.53. The zero-order valence-electron chi connectivity index (χ0n) is 12.9. The molecule has 1 aromatic carbocycles. The molecule has 0 atom stereocenters. The van der Waals surface area contributed by atoms with Crippen molar-refractivity contribution >= 4 is 17.3 Å². The molecule has 0 spiro atoms. The Bertz CT molecular complexity index is 552. The van der Waals surface area contributed by atoms with Crippen LogP contribution in [0.15, 0.2) is 41.0 Å². The van der Waals surface area contributed by atoms with Crippen molar-refractivity contribution in [3.8, 4) is 0 Å². The minimum Gasteiger partial charge on any atom is -0.467 e. The smallest absolute Gasteiger partial charge is 0.123 e. The van der Waals surface area contributed by atoms with Gasteiger partial charge in [-0.05, 0) is 42.8 Å². The summed E-state index contributed by atoms with van der Waals surface area (Å²) in [5, 5.41) is 4.23. The van der Waals surface area contributed by atoms with E-state index in [4.69, 9.17) is 16.0 Å². The molecule has 0 fully saturated rings. The van der Waals surface area contributed by atoms with Gasteiger partial charge in [-0.25, -0.2) is 0 Å². The molecule has 2 rings (SSSR count). The molecule has 4 heteroatoms. The Kier molecular flexibility index (Phi) is 5.71. The summed E-state index contributed by atoms with van der Waals surface area (Å²) >= 11 is 6.16. The number of hydrogen-bond acceptors (Lipinski definition) is 3. The van der Waals surface area contributed by atoms with E-state index in [2.05, 4.69) is 37.1 Å². The minimum absolute atomic E-state index is 0.442. The summed E-state index contributed by atoms with van der Waals surface area (Å²) in [6.07, 6.45) is 1.71. The fourth-order valence-corrected chi connectivity index (χ4v) is 2.47. The summed E-state index contributed by atoms with van der Waals surface area (Å²) in [5.74, 6) is 0.967. The molecule has 1 heterocycles. The van der Waals surface area contributed by atoms with Crippen molar-refractivity contribution < 1.29 is 4.42 Å². The van der Waals surface area contributed by atoms with Gasteiger partial charge in [0.1, 0.15) is 5.76 Å². The number of halogens is 1. The summed E-state index contributed by atoms with van der Waals surface area (Å²) in [4.78, 5) is 2.30. The second-order valence-corrected chi connectivity index (χ2v) is 5.84. The number of anilines is 1. The predicted molar refractivity (Wildman–Crippen MR) is 88.9 cm³/mol. The van der Waals surface area contributed by atoms with Gasteiger partial charge in [0.05, 0.1) is 12.8 Å². The molecule has 0 radical (unpaired) electrons. The van der Waals surface area contributed by atoms with Gasteiger partial charge in [-0.2, -0.15) is 0 Å². The zero-order valence-corrected chi connectivity index (χ0v) is 13.7. The maximum absolute atomic E-state index is 6.16. The van der Waals surface area contributed by atoms with Crippen molar-refractivity contribution in [1.82, 2.24) is 5.32 Å². The molecule has 0 aliphatic rings. The van der Waals surface area contributed by atoms with E-state index >= 15 is 0 Å². The molecule has 0 unspecified atom stereocenters. The van der Waals surface area contributed by atoms with Crippen molar-refractivity contribution in [3.63, 3.8) is 0 Å². The molecule has 1 aromatic heterocycles. The van der Waals surface area contributed by atoms with Crippen LogP contribution in [0.25, 0.3) is 0 Å². The van der Waals surface area contributed by atoms with Gasteiger partial charge in [-0.3, -0.25) is 0 Å². The molecule has 114 valence electrons. The summed E-state index contributed by atoms with van der Waals surface area (Å²) in [7, 11) is 0. The van der Waals surface area contributed by atoms with Gasteiger partial charge < -0.3 is 14.6 Å². The first-order valence-electron chi connectivity index (χ1n) is 7.39. The predicted octanol–water partition coefficient (Wildman–Crippen LogP) is 4.46. The highest BCUT2D eigenvalue weighted by molar-refractivity contribution is 6.30. The lowest BCUT2D eigenvalue weighted by molar-refractivity contribution is 0.503. The number of benzene rings is 1. The molecule has 2 aromatic rings. The topological polar surface area (TPSA) is 28.4 Å². The molecule has 1 N–H and O–H groups in total. The molecule has 0 saturated heterocycles. The summed E-state index contributed by atoms with van der Waals surface area (Å²) in [6, 6.07) is 10.4. The lowest BCUT2D eigenvalue weighted by Crippen LogP contribution is -2.26. The van der Waals surface area contributed by atoms with Crippen LogP contribution in [0.1, 0.15) is 32.1 Å². The van der Waals surface area contributed by atoms with E-state index in [1.54, 1.807) is 6.26 Å². The van der Waals surface area contributed by atoms with Crippen LogP contribution < -0.4 is 10.2 Å². The van der Waals surface area contributed by atoms with Crippen molar-refractivity contribution in [2.45, 2.75) is 39.9 Å². The molecule has 21 heavy (non-hydrogen) atoms. The third-order valence-corrected chi connectivity index (χ3v) is 3.63. The standard InChI is InChI=1S/C17H23ClN2O/c1-4-20(12-16-6-5-9-21-16)17-8-7-15(18)10-14(17)11-19-13(2)3/h5-10,13,19H,4,11-12H2,1-3H3. The number of nitrogens with one attached hydrogen (secondary N) is 1. The first-order valence-corrected chi connectivity index (χ1v) is 7.77. The Morgan fingerprint density at radius 3 is 2.71 bits per heavy atom. The first-order chi connectivity index (χ1) is 10.1. The Labute approximate surface area is 131 Å². The van der Waals surface area contributed by atoms with Gasteiger partial charge in [0.25, 0.3) is 0 Å². The highest BCUT2D eigenvalue weighted by Crippen LogP contribution is 2.26. The molecule has 0 bridgehead atoms. The molecule has 0 amide bonds. The van der Waals surface area contributed by atoms with E-state index in [-0.39, 0.29) is 0 Å². The van der Waals surface area contributed by atoms with Crippen LogP contribution in [0, 0.1) is 0 Å². The van der Waals surface area contributed by atoms with Crippen LogP contribution in [0.4, 0.5) is 5.69 Å². The highest BCUT2D eigenvalue weighted by Gasteiger charge is 2.12. The lowest BCUT2D eigenvalue weighted by atomic mass is 10.1. The Hall–Kier alpha value is -1.45. The lowest BCUT2D eigenvalue weighted by Gasteiger charge is -2.25. The molecule has 0 aliphatic heterocycles. The molecular formula is C17H23ClN2O. The number of rotatable bonds is 7. The third-order valence-electron chi connectivity index (χ3n) is 3.39. The van der Waals surface area contributed by atoms with E-state index in [1.165, 1.54) is 11.3 Å². The van der Waals surface area contributed by atoms with Crippen LogP contribution in [0.5, 0.6) is 0 Å². The van der Waals surface area contributed by atoms with Gasteiger partial charge in [0, 0.05) is 29.8 Å². The Morgan fingerprint density at radius 2 is 2.10 bits per heavy atom. The van der Waals surface area contributed by atoms with Gasteiger partial charge in [-0.1, -0.05) is 25.4 Å². The van der Waals surface area contributed by atoms with Crippen LogP contribution in [0.2, 0.25) is 5.02 Å². The summed E-state index contributed by atoms with van der Waals surface area (Å²) < 4.78 is 5.47. The molecular weight excluding hydrogens is 284 g/mol. The average Bonchev–Trinajstić information content (AvgIpc) is 2.96. The third kappa shape index (κ3) is 4.51. The van der Waals surface area contributed by atoms with Crippen molar-refractivity contribution in [1.29, 1.82) is 0 Å². The van der Waals surface area contributed by atoms with Gasteiger partial charge in [0.15, 0.2) is 0 Å². The minimum atomic E-state index is 0.442. The highest BCUT2D eigenvalue weighted by atomic mass is 35.5.